The van der Waals surface area contributed by atoms with Gasteiger partial charge >= 0.3 is 17.9 Å². The van der Waals surface area contributed by atoms with Crippen LogP contribution in [0.25, 0.3) is 0 Å². The third-order valence-electron chi connectivity index (χ3n) is 2.52. The molecule has 1 aromatic rings. The first kappa shape index (κ1) is 17.6. The highest BCUT2D eigenvalue weighted by Gasteiger charge is 2.32. The summed E-state index contributed by atoms with van der Waals surface area (Å²) < 4.78 is 13.6. The highest BCUT2D eigenvalue weighted by molar-refractivity contribution is 7.80. The molecule has 0 spiro atoms. The topological polar surface area (TPSA) is 78.9 Å². The molecule has 0 N–H and O–H groups in total. The van der Waals surface area contributed by atoms with Gasteiger partial charge in [-0.2, -0.15) is 0 Å². The Morgan fingerprint density at radius 2 is 1.05 bits per heavy atom. The number of rotatable bonds is 3. The van der Waals surface area contributed by atoms with Gasteiger partial charge in [-0.05, 0) is 0 Å². The Kier molecular flexibility index (Phi) is 5.88. The van der Waals surface area contributed by atoms with Crippen LogP contribution in [-0.2, 0) is 14.2 Å². The average molecular weight is 353 g/mol. The summed E-state index contributed by atoms with van der Waals surface area (Å²) in [6, 6.07) is 0. The fraction of sp³-hybridized carbons (Fsp3) is 0.250. The summed E-state index contributed by atoms with van der Waals surface area (Å²) in [6.45, 7) is 0. The number of esters is 3. The van der Waals surface area contributed by atoms with Crippen molar-refractivity contribution in [2.45, 2.75) is 4.90 Å². The zero-order chi connectivity index (χ0) is 16.3. The smallest absolute Gasteiger partial charge is 0.340 e. The molecule has 0 bridgehead atoms. The molecule has 1 rings (SSSR count). The molecule has 0 aliphatic heterocycles. The summed E-state index contributed by atoms with van der Waals surface area (Å²) in [5.74, 6) is -2.71. The predicted molar refractivity (Wildman–Crippen MR) is 77.7 cm³/mol. The van der Waals surface area contributed by atoms with Crippen LogP contribution in [0.2, 0.25) is 10.0 Å². The van der Waals surface area contributed by atoms with Crippen molar-refractivity contribution in [3.05, 3.63) is 26.7 Å². The van der Waals surface area contributed by atoms with Crippen LogP contribution in [0.15, 0.2) is 4.90 Å². The Bertz CT molecular complexity index is 522. The molecule has 0 aliphatic rings. The maximum Gasteiger partial charge on any atom is 0.340 e. The van der Waals surface area contributed by atoms with E-state index in [4.69, 9.17) is 23.2 Å². The molecule has 0 aromatic heterocycles. The van der Waals surface area contributed by atoms with E-state index in [1.165, 1.54) is 0 Å². The maximum atomic E-state index is 11.8. The quantitative estimate of drug-likeness (QED) is 0.511. The SMILES string of the molecule is COC(=O)c1c(S)c(C(=O)OC)c(Cl)c(C(=O)OC)c1Cl. The van der Waals surface area contributed by atoms with E-state index in [1.807, 2.05) is 0 Å². The second-order valence-electron chi connectivity index (χ2n) is 3.58. The first-order valence-electron chi connectivity index (χ1n) is 5.30. The summed E-state index contributed by atoms with van der Waals surface area (Å²) in [5.41, 5.74) is -0.917. The van der Waals surface area contributed by atoms with E-state index in [0.717, 1.165) is 21.3 Å². The van der Waals surface area contributed by atoms with Crippen molar-refractivity contribution in [1.82, 2.24) is 0 Å². The molecule has 0 saturated heterocycles. The van der Waals surface area contributed by atoms with Crippen LogP contribution in [0.3, 0.4) is 0 Å². The lowest BCUT2D eigenvalue weighted by atomic mass is 10.0. The molecule has 0 fully saturated rings. The number of hydrogen-bond donors (Lipinski definition) is 1. The molecule has 0 heterocycles. The summed E-state index contributed by atoms with van der Waals surface area (Å²) in [5, 5.41) is -0.646. The molecule has 0 unspecified atom stereocenters. The van der Waals surface area contributed by atoms with Gasteiger partial charge in [0.25, 0.3) is 0 Å². The minimum absolute atomic E-state index is 0.156. The minimum Gasteiger partial charge on any atom is -0.465 e. The summed E-state index contributed by atoms with van der Waals surface area (Å²) in [7, 11) is 3.31. The minimum atomic E-state index is -0.923. The maximum absolute atomic E-state index is 11.8. The molecule has 9 heteroatoms. The Morgan fingerprint density at radius 1 is 0.762 bits per heavy atom. The number of carbonyl (C=O) groups is 3. The van der Waals surface area contributed by atoms with Crippen LogP contribution >= 0.6 is 35.8 Å². The van der Waals surface area contributed by atoms with Crippen molar-refractivity contribution in [2.75, 3.05) is 21.3 Å². The molecule has 0 radical (unpaired) electrons. The van der Waals surface area contributed by atoms with Gasteiger partial charge in [0.2, 0.25) is 0 Å². The van der Waals surface area contributed by atoms with Gasteiger partial charge in [0.05, 0.1) is 48.1 Å². The van der Waals surface area contributed by atoms with Crippen molar-refractivity contribution in [3.63, 3.8) is 0 Å². The van der Waals surface area contributed by atoms with E-state index in [9.17, 15) is 14.4 Å². The second kappa shape index (κ2) is 7.02. The number of methoxy groups -OCH3 is 3. The van der Waals surface area contributed by atoms with Crippen LogP contribution in [0, 0.1) is 0 Å². The number of thiol groups is 1. The lowest BCUT2D eigenvalue weighted by Gasteiger charge is -2.15. The number of ether oxygens (including phenoxy) is 3. The lowest BCUT2D eigenvalue weighted by Crippen LogP contribution is -2.15. The van der Waals surface area contributed by atoms with E-state index >= 15 is 0 Å². The zero-order valence-electron chi connectivity index (χ0n) is 11.2. The summed E-state index contributed by atoms with van der Waals surface area (Å²) >= 11 is 16.1. The Balaban J connectivity index is 3.87. The van der Waals surface area contributed by atoms with Crippen molar-refractivity contribution >= 4 is 53.7 Å². The Morgan fingerprint density at radius 3 is 1.33 bits per heavy atom. The number of halogens is 2. The highest BCUT2D eigenvalue weighted by Crippen LogP contribution is 2.38. The third kappa shape index (κ3) is 3.09. The second-order valence-corrected chi connectivity index (χ2v) is 4.78. The van der Waals surface area contributed by atoms with E-state index in [0.29, 0.717) is 0 Å². The third-order valence-corrected chi connectivity index (χ3v) is 3.72. The molecule has 0 atom stereocenters. The summed E-state index contributed by atoms with van der Waals surface area (Å²) in [6.07, 6.45) is 0. The molecule has 0 aliphatic carbocycles. The van der Waals surface area contributed by atoms with Gasteiger partial charge in [-0.15, -0.1) is 12.6 Å². The van der Waals surface area contributed by atoms with Crippen molar-refractivity contribution < 1.29 is 28.6 Å². The molecular weight excluding hydrogens is 343 g/mol. The molecular formula is C12H10Cl2O6S. The van der Waals surface area contributed by atoms with Crippen LogP contribution in [0.4, 0.5) is 0 Å². The van der Waals surface area contributed by atoms with E-state index in [-0.39, 0.29) is 31.6 Å². The van der Waals surface area contributed by atoms with E-state index in [1.54, 1.807) is 0 Å². The molecule has 0 amide bonds. The van der Waals surface area contributed by atoms with E-state index < -0.39 is 17.9 Å². The van der Waals surface area contributed by atoms with Crippen LogP contribution < -0.4 is 0 Å². The summed E-state index contributed by atoms with van der Waals surface area (Å²) in [4.78, 5) is 35.2. The zero-order valence-corrected chi connectivity index (χ0v) is 13.6. The lowest BCUT2D eigenvalue weighted by molar-refractivity contribution is 0.0591. The number of benzene rings is 1. The fourth-order valence-electron chi connectivity index (χ4n) is 1.54. The van der Waals surface area contributed by atoms with Gasteiger partial charge in [0, 0.05) is 4.90 Å². The number of carbonyl (C=O) groups excluding carboxylic acids is 3. The van der Waals surface area contributed by atoms with Crippen LogP contribution in [-0.4, -0.2) is 39.2 Å². The van der Waals surface area contributed by atoms with Crippen molar-refractivity contribution in [1.29, 1.82) is 0 Å². The highest BCUT2D eigenvalue weighted by atomic mass is 35.5. The average Bonchev–Trinajstić information content (AvgIpc) is 2.46. The fourth-order valence-corrected chi connectivity index (χ4v) is 2.81. The van der Waals surface area contributed by atoms with Gasteiger partial charge in [-0.1, -0.05) is 23.2 Å². The van der Waals surface area contributed by atoms with Crippen LogP contribution in [0.5, 0.6) is 0 Å². The largest absolute Gasteiger partial charge is 0.465 e. The molecule has 6 nitrogen and oxygen atoms in total. The normalized spacial score (nSPS) is 10.0. The molecule has 114 valence electrons. The first-order chi connectivity index (χ1) is 9.81. The number of hydrogen-bond acceptors (Lipinski definition) is 7. The van der Waals surface area contributed by atoms with E-state index in [2.05, 4.69) is 26.8 Å². The molecule has 1 aromatic carbocycles. The van der Waals surface area contributed by atoms with Gasteiger partial charge in [-0.25, -0.2) is 14.4 Å². The predicted octanol–water partition coefficient (Wildman–Crippen LogP) is 2.64. The molecule has 21 heavy (non-hydrogen) atoms. The van der Waals surface area contributed by atoms with Gasteiger partial charge in [0.15, 0.2) is 0 Å². The standard InChI is InChI=1S/C12H10Cl2O6S/c1-18-10(15)4-7(13)5(11(16)19-2)9(21)6(8(4)14)12(17)20-3/h21H,1-3H3. The van der Waals surface area contributed by atoms with Gasteiger partial charge in [0.1, 0.15) is 0 Å². The first-order valence-corrected chi connectivity index (χ1v) is 6.50. The van der Waals surface area contributed by atoms with Gasteiger partial charge < -0.3 is 14.2 Å². The van der Waals surface area contributed by atoms with Crippen LogP contribution in [0.1, 0.15) is 31.1 Å². The van der Waals surface area contributed by atoms with Gasteiger partial charge in [-0.3, -0.25) is 0 Å². The Hall–Kier alpha value is -1.44. The monoisotopic (exact) mass is 352 g/mol. The van der Waals surface area contributed by atoms with Crippen molar-refractivity contribution in [2.24, 2.45) is 0 Å². The Labute approximate surface area is 135 Å². The van der Waals surface area contributed by atoms with Crippen molar-refractivity contribution in [3.8, 4) is 0 Å². The molecule has 0 saturated carbocycles.